The third kappa shape index (κ3) is 4.82. The van der Waals surface area contributed by atoms with Gasteiger partial charge in [-0.2, -0.15) is 0 Å². The number of ether oxygens (including phenoxy) is 1. The Morgan fingerprint density at radius 2 is 2.00 bits per heavy atom. The fourth-order valence-electron chi connectivity index (χ4n) is 1.95. The molecule has 0 saturated heterocycles. The molecular weight excluding hydrogens is 328 g/mol. The van der Waals surface area contributed by atoms with Gasteiger partial charge in [0.05, 0.1) is 18.0 Å². The van der Waals surface area contributed by atoms with Crippen LogP contribution in [0.2, 0.25) is 0 Å². The second kappa shape index (κ2) is 8.49. The molecule has 1 N–H and O–H groups in total. The van der Waals surface area contributed by atoms with Crippen LogP contribution in [0.25, 0.3) is 5.69 Å². The van der Waals surface area contributed by atoms with E-state index in [1.54, 1.807) is 11.6 Å². The van der Waals surface area contributed by atoms with E-state index in [4.69, 9.17) is 0 Å². The number of hydrogen-bond acceptors (Lipinski definition) is 6. The molecule has 0 fully saturated rings. The molecule has 7 nitrogen and oxygen atoms in total. The number of amides is 2. The van der Waals surface area contributed by atoms with E-state index in [1.165, 1.54) is 11.8 Å². The third-order valence-corrected chi connectivity index (χ3v) is 3.82. The molecule has 0 unspecified atom stereocenters. The summed E-state index contributed by atoms with van der Waals surface area (Å²) < 4.78 is 6.44. The lowest BCUT2D eigenvalue weighted by Crippen LogP contribution is -2.32. The van der Waals surface area contributed by atoms with Crippen LogP contribution >= 0.6 is 11.8 Å². The van der Waals surface area contributed by atoms with Crippen LogP contribution in [0.15, 0.2) is 35.5 Å². The zero-order valence-electron chi connectivity index (χ0n) is 13.9. The normalized spacial score (nSPS) is 10.7. The molecule has 8 heteroatoms. The van der Waals surface area contributed by atoms with Crippen molar-refractivity contribution in [2.24, 2.45) is 0 Å². The maximum absolute atomic E-state index is 11.7. The number of carbonyl (C=O) groups excluding carboxylic acids is 2. The first-order valence-electron chi connectivity index (χ1n) is 7.63. The topological polar surface area (TPSA) is 86.1 Å². The molecule has 1 heterocycles. The summed E-state index contributed by atoms with van der Waals surface area (Å²) in [7, 11) is 0. The Bertz CT molecular complexity index is 701. The van der Waals surface area contributed by atoms with E-state index in [1.807, 2.05) is 44.2 Å². The molecule has 0 aliphatic rings. The molecular formula is C16H20N4O3S. The largest absolute Gasteiger partial charge is 0.450 e. The highest BCUT2D eigenvalue weighted by molar-refractivity contribution is 7.99. The molecule has 2 rings (SSSR count). The van der Waals surface area contributed by atoms with Crippen molar-refractivity contribution in [3.63, 3.8) is 0 Å². The van der Waals surface area contributed by atoms with Crippen molar-refractivity contribution in [2.45, 2.75) is 31.8 Å². The minimum Gasteiger partial charge on any atom is -0.450 e. The molecule has 1 aromatic heterocycles. The first-order valence-corrected chi connectivity index (χ1v) is 8.61. The highest BCUT2D eigenvalue weighted by Crippen LogP contribution is 2.21. The van der Waals surface area contributed by atoms with Gasteiger partial charge in [0.2, 0.25) is 11.1 Å². The van der Waals surface area contributed by atoms with Crippen LogP contribution in [0.1, 0.15) is 32.5 Å². The average molecular weight is 348 g/mol. The second-order valence-corrected chi connectivity index (χ2v) is 6.15. The lowest BCUT2D eigenvalue weighted by molar-refractivity contribution is -0.117. The minimum atomic E-state index is -0.742. The molecule has 0 radical (unpaired) electrons. The summed E-state index contributed by atoms with van der Waals surface area (Å²) in [5, 5.41) is 7.09. The number of carbonyl (C=O) groups is 2. The van der Waals surface area contributed by atoms with Gasteiger partial charge in [-0.1, -0.05) is 43.8 Å². The highest BCUT2D eigenvalue weighted by Gasteiger charge is 2.16. The highest BCUT2D eigenvalue weighted by atomic mass is 32.2. The molecule has 0 aliphatic carbocycles. The monoisotopic (exact) mass is 348 g/mol. The first-order chi connectivity index (χ1) is 11.5. The maximum atomic E-state index is 11.7. The molecule has 2 aromatic rings. The number of rotatable bonds is 6. The number of nitrogens with one attached hydrogen (secondary N) is 1. The first kappa shape index (κ1) is 18.0. The van der Waals surface area contributed by atoms with Crippen molar-refractivity contribution < 1.29 is 14.3 Å². The standard InChI is InChI=1S/C16H20N4O3S/c1-4-23-16(22)17-13(21)10-24-15-18-14(11(2)3)20(19-15)12-8-6-5-7-9-12/h5-9,11H,4,10H2,1-3H3,(H,17,21,22). The number of hydrogen-bond donors (Lipinski definition) is 1. The van der Waals surface area contributed by atoms with Crippen molar-refractivity contribution in [3.05, 3.63) is 36.2 Å². The molecule has 0 spiro atoms. The number of para-hydroxylation sites is 1. The Balaban J connectivity index is 2.07. The summed E-state index contributed by atoms with van der Waals surface area (Å²) in [5.74, 6) is 0.588. The number of alkyl carbamates (subject to hydrolysis) is 1. The van der Waals surface area contributed by atoms with Gasteiger partial charge < -0.3 is 4.74 Å². The molecule has 0 saturated carbocycles. The molecule has 2 amide bonds. The summed E-state index contributed by atoms with van der Waals surface area (Å²) in [4.78, 5) is 27.4. The van der Waals surface area contributed by atoms with Crippen LogP contribution in [0.3, 0.4) is 0 Å². The van der Waals surface area contributed by atoms with Gasteiger partial charge in [-0.25, -0.2) is 14.5 Å². The summed E-state index contributed by atoms with van der Waals surface area (Å²) in [6, 6.07) is 9.69. The summed E-state index contributed by atoms with van der Waals surface area (Å²) in [6.45, 7) is 5.95. The molecule has 0 bridgehead atoms. The zero-order chi connectivity index (χ0) is 17.5. The fourth-order valence-corrected chi connectivity index (χ4v) is 2.58. The lowest BCUT2D eigenvalue weighted by atomic mass is 10.2. The van der Waals surface area contributed by atoms with Crippen molar-refractivity contribution in [1.82, 2.24) is 20.1 Å². The van der Waals surface area contributed by atoms with E-state index < -0.39 is 12.0 Å². The van der Waals surface area contributed by atoms with E-state index in [9.17, 15) is 9.59 Å². The van der Waals surface area contributed by atoms with Crippen molar-refractivity contribution >= 4 is 23.8 Å². The van der Waals surface area contributed by atoms with Crippen LogP contribution in [-0.4, -0.2) is 39.1 Å². The van der Waals surface area contributed by atoms with Crippen molar-refractivity contribution in [1.29, 1.82) is 0 Å². The quantitative estimate of drug-likeness (QED) is 0.808. The third-order valence-electron chi connectivity index (χ3n) is 2.98. The Morgan fingerprint density at radius 1 is 1.29 bits per heavy atom. The SMILES string of the molecule is CCOC(=O)NC(=O)CSc1nc(C(C)C)n(-c2ccccc2)n1. The summed E-state index contributed by atoms with van der Waals surface area (Å²) in [6.07, 6.45) is -0.742. The van der Waals surface area contributed by atoms with Crippen LogP contribution in [0.4, 0.5) is 4.79 Å². The van der Waals surface area contributed by atoms with Crippen LogP contribution in [0.5, 0.6) is 0 Å². The number of imide groups is 1. The molecule has 0 aliphatic heterocycles. The van der Waals surface area contributed by atoms with E-state index in [-0.39, 0.29) is 18.3 Å². The van der Waals surface area contributed by atoms with Gasteiger partial charge in [0.1, 0.15) is 5.82 Å². The van der Waals surface area contributed by atoms with Crippen LogP contribution < -0.4 is 5.32 Å². The predicted molar refractivity (Wildman–Crippen MR) is 91.3 cm³/mol. The lowest BCUT2D eigenvalue weighted by Gasteiger charge is -2.07. The van der Waals surface area contributed by atoms with Gasteiger partial charge in [0.25, 0.3) is 0 Å². The second-order valence-electron chi connectivity index (χ2n) is 5.21. The van der Waals surface area contributed by atoms with E-state index in [2.05, 4.69) is 20.1 Å². The van der Waals surface area contributed by atoms with Crippen molar-refractivity contribution in [2.75, 3.05) is 12.4 Å². The molecule has 1 aromatic carbocycles. The summed E-state index contributed by atoms with van der Waals surface area (Å²) >= 11 is 1.17. The summed E-state index contributed by atoms with van der Waals surface area (Å²) in [5.41, 5.74) is 0.913. The Kier molecular flexibility index (Phi) is 6.36. The van der Waals surface area contributed by atoms with Gasteiger partial charge in [-0.05, 0) is 19.1 Å². The smallest absolute Gasteiger partial charge is 0.413 e. The van der Waals surface area contributed by atoms with Gasteiger partial charge in [-0.3, -0.25) is 10.1 Å². The molecule has 24 heavy (non-hydrogen) atoms. The Morgan fingerprint density at radius 3 is 2.62 bits per heavy atom. The number of benzene rings is 1. The number of aromatic nitrogens is 3. The number of nitrogens with zero attached hydrogens (tertiary/aromatic N) is 3. The minimum absolute atomic E-state index is 0.0369. The van der Waals surface area contributed by atoms with E-state index in [0.29, 0.717) is 5.16 Å². The maximum Gasteiger partial charge on any atom is 0.413 e. The van der Waals surface area contributed by atoms with Gasteiger partial charge >= 0.3 is 6.09 Å². The predicted octanol–water partition coefficient (Wildman–Crippen LogP) is 2.76. The van der Waals surface area contributed by atoms with Crippen LogP contribution in [-0.2, 0) is 9.53 Å². The van der Waals surface area contributed by atoms with Gasteiger partial charge in [0.15, 0.2) is 0 Å². The van der Waals surface area contributed by atoms with Crippen LogP contribution in [0, 0.1) is 0 Å². The average Bonchev–Trinajstić information content (AvgIpc) is 2.98. The van der Waals surface area contributed by atoms with Gasteiger partial charge in [-0.15, -0.1) is 5.10 Å². The fraction of sp³-hybridized carbons (Fsp3) is 0.375. The molecule has 0 atom stereocenters. The number of thioether (sulfide) groups is 1. The molecule has 128 valence electrons. The van der Waals surface area contributed by atoms with E-state index >= 15 is 0 Å². The Hall–Kier alpha value is -2.35. The van der Waals surface area contributed by atoms with Crippen molar-refractivity contribution in [3.8, 4) is 5.69 Å². The van der Waals surface area contributed by atoms with Gasteiger partial charge in [0, 0.05) is 5.92 Å². The zero-order valence-corrected chi connectivity index (χ0v) is 14.7. The van der Waals surface area contributed by atoms with E-state index in [0.717, 1.165) is 11.5 Å². The Labute approximate surface area is 144 Å².